The van der Waals surface area contributed by atoms with Crippen molar-refractivity contribution in [1.29, 1.82) is 0 Å². The van der Waals surface area contributed by atoms with E-state index in [4.69, 9.17) is 10.2 Å². The number of fused-ring (bicyclic) bond motifs is 1. The van der Waals surface area contributed by atoms with Gasteiger partial charge in [0.25, 0.3) is 0 Å². The Balaban J connectivity index is 2.03. The first kappa shape index (κ1) is 13.4. The van der Waals surface area contributed by atoms with Crippen molar-refractivity contribution in [1.82, 2.24) is 9.78 Å². The number of benzene rings is 1. The van der Waals surface area contributed by atoms with Crippen LogP contribution in [0.4, 0.5) is 0 Å². The molecule has 20 heavy (non-hydrogen) atoms. The maximum Gasteiger partial charge on any atom is 0.134 e. The summed E-state index contributed by atoms with van der Waals surface area (Å²) in [5.41, 5.74) is 8.18. The molecule has 2 N–H and O–H groups in total. The predicted octanol–water partition coefficient (Wildman–Crippen LogP) is 3.85. The van der Waals surface area contributed by atoms with Gasteiger partial charge in [0.15, 0.2) is 0 Å². The minimum absolute atomic E-state index is 0.328. The lowest BCUT2D eigenvalue weighted by Gasteiger charge is -2.12. The molecule has 0 bridgehead atoms. The molecule has 0 aliphatic rings. The number of para-hydroxylation sites is 1. The Hall–Kier alpha value is -1.59. The molecule has 2 aromatic heterocycles. The zero-order valence-electron chi connectivity index (χ0n) is 11.2. The quantitative estimate of drug-likeness (QED) is 0.788. The summed E-state index contributed by atoms with van der Waals surface area (Å²) in [7, 11) is 0. The first-order chi connectivity index (χ1) is 9.70. The Morgan fingerprint density at radius 1 is 1.40 bits per heavy atom. The van der Waals surface area contributed by atoms with Gasteiger partial charge in [-0.2, -0.15) is 5.10 Å². The van der Waals surface area contributed by atoms with E-state index in [-0.39, 0.29) is 6.04 Å². The third-order valence-electron chi connectivity index (χ3n) is 3.31. The summed E-state index contributed by atoms with van der Waals surface area (Å²) in [6, 6.07) is 9.58. The molecule has 0 fully saturated rings. The molecule has 0 aliphatic heterocycles. The summed E-state index contributed by atoms with van der Waals surface area (Å²) in [6.45, 7) is 2.96. The largest absolute Gasteiger partial charge is 0.459 e. The van der Waals surface area contributed by atoms with Crippen LogP contribution in [-0.4, -0.2) is 9.78 Å². The van der Waals surface area contributed by atoms with Crippen LogP contribution >= 0.6 is 15.9 Å². The van der Waals surface area contributed by atoms with Gasteiger partial charge in [-0.15, -0.1) is 0 Å². The van der Waals surface area contributed by atoms with Gasteiger partial charge < -0.3 is 10.2 Å². The van der Waals surface area contributed by atoms with Gasteiger partial charge in [-0.05, 0) is 34.5 Å². The third kappa shape index (κ3) is 2.27. The number of aryl methyl sites for hydroxylation is 1. The third-order valence-corrected chi connectivity index (χ3v) is 3.93. The first-order valence-electron chi connectivity index (χ1n) is 6.66. The monoisotopic (exact) mass is 333 g/mol. The highest BCUT2D eigenvalue weighted by atomic mass is 79.9. The Bertz CT molecular complexity index is 699. The van der Waals surface area contributed by atoms with Crippen LogP contribution in [0.2, 0.25) is 0 Å². The van der Waals surface area contributed by atoms with Crippen molar-refractivity contribution in [3.05, 3.63) is 52.5 Å². The predicted molar refractivity (Wildman–Crippen MR) is 82.5 cm³/mol. The van der Waals surface area contributed by atoms with Gasteiger partial charge in [-0.3, -0.25) is 4.68 Å². The van der Waals surface area contributed by atoms with Crippen LogP contribution in [-0.2, 0) is 6.54 Å². The summed E-state index contributed by atoms with van der Waals surface area (Å²) in [5.74, 6) is 0.754. The van der Waals surface area contributed by atoms with Crippen molar-refractivity contribution in [3.8, 4) is 0 Å². The van der Waals surface area contributed by atoms with Crippen LogP contribution in [0.5, 0.6) is 0 Å². The minimum Gasteiger partial charge on any atom is -0.459 e. The van der Waals surface area contributed by atoms with Crippen LogP contribution in [0, 0.1) is 0 Å². The molecule has 3 aromatic rings. The zero-order chi connectivity index (χ0) is 14.1. The molecule has 0 spiro atoms. The number of furan rings is 1. The molecule has 0 aliphatic carbocycles. The Labute approximate surface area is 125 Å². The van der Waals surface area contributed by atoms with Gasteiger partial charge in [0, 0.05) is 11.9 Å². The van der Waals surface area contributed by atoms with Crippen LogP contribution in [0.15, 0.2) is 45.4 Å². The lowest BCUT2D eigenvalue weighted by Crippen LogP contribution is -2.17. The molecule has 2 heterocycles. The molecule has 1 unspecified atom stereocenters. The van der Waals surface area contributed by atoms with Gasteiger partial charge in [0.2, 0.25) is 0 Å². The Morgan fingerprint density at radius 2 is 2.20 bits per heavy atom. The molecule has 0 saturated carbocycles. The van der Waals surface area contributed by atoms with Crippen molar-refractivity contribution in [2.45, 2.75) is 25.9 Å². The number of halogens is 1. The second-order valence-electron chi connectivity index (χ2n) is 4.77. The number of nitrogens with zero attached hydrogens (tertiary/aromatic N) is 2. The van der Waals surface area contributed by atoms with E-state index in [9.17, 15) is 0 Å². The lowest BCUT2D eigenvalue weighted by molar-refractivity contribution is 0.491. The summed E-state index contributed by atoms with van der Waals surface area (Å²) in [6.07, 6.45) is 2.79. The van der Waals surface area contributed by atoms with Crippen molar-refractivity contribution < 1.29 is 4.42 Å². The molecule has 3 rings (SSSR count). The minimum atomic E-state index is -0.328. The maximum atomic E-state index is 6.37. The molecule has 5 heteroatoms. The second kappa shape index (κ2) is 5.42. The van der Waals surface area contributed by atoms with Gasteiger partial charge in [-0.1, -0.05) is 25.1 Å². The molecule has 1 aromatic carbocycles. The second-order valence-corrected chi connectivity index (χ2v) is 5.62. The van der Waals surface area contributed by atoms with Crippen LogP contribution in [0.25, 0.3) is 11.0 Å². The molecular formula is C15H16BrN3O. The standard InChI is InChI=1S/C15H16BrN3O/c1-2-7-19-15(11(16)9-18-19)14(17)13-8-10-5-3-4-6-12(10)20-13/h3-6,8-9,14H,2,7,17H2,1H3. The SMILES string of the molecule is CCCn1ncc(Br)c1C(N)c1cc2ccccc2o1. The van der Waals surface area contributed by atoms with Gasteiger partial charge in [0.1, 0.15) is 17.4 Å². The summed E-state index contributed by atoms with van der Waals surface area (Å²) < 4.78 is 8.70. The average Bonchev–Trinajstić information content (AvgIpc) is 3.02. The molecule has 0 amide bonds. The summed E-state index contributed by atoms with van der Waals surface area (Å²) >= 11 is 3.52. The van der Waals surface area contributed by atoms with Crippen molar-refractivity contribution in [3.63, 3.8) is 0 Å². The fraction of sp³-hybridized carbons (Fsp3) is 0.267. The topological polar surface area (TPSA) is 57.0 Å². The highest BCUT2D eigenvalue weighted by Gasteiger charge is 2.21. The Morgan fingerprint density at radius 3 is 2.95 bits per heavy atom. The van der Waals surface area contributed by atoms with E-state index >= 15 is 0 Å². The van der Waals surface area contributed by atoms with Crippen LogP contribution < -0.4 is 5.73 Å². The van der Waals surface area contributed by atoms with Crippen LogP contribution in [0.3, 0.4) is 0 Å². The fourth-order valence-electron chi connectivity index (χ4n) is 2.36. The first-order valence-corrected chi connectivity index (χ1v) is 7.45. The lowest BCUT2D eigenvalue weighted by atomic mass is 10.1. The highest BCUT2D eigenvalue weighted by molar-refractivity contribution is 9.10. The Kier molecular flexibility index (Phi) is 3.63. The van der Waals surface area contributed by atoms with Gasteiger partial charge in [-0.25, -0.2) is 0 Å². The zero-order valence-corrected chi connectivity index (χ0v) is 12.8. The average molecular weight is 334 g/mol. The molecule has 0 radical (unpaired) electrons. The van der Waals surface area contributed by atoms with Gasteiger partial charge in [0.05, 0.1) is 16.4 Å². The highest BCUT2D eigenvalue weighted by Crippen LogP contribution is 2.30. The van der Waals surface area contributed by atoms with Crippen LogP contribution in [0.1, 0.15) is 30.8 Å². The van der Waals surface area contributed by atoms with Gasteiger partial charge >= 0.3 is 0 Å². The van der Waals surface area contributed by atoms with Crippen molar-refractivity contribution >= 4 is 26.9 Å². The van der Waals surface area contributed by atoms with E-state index in [1.807, 2.05) is 35.0 Å². The molecule has 1 atom stereocenters. The number of rotatable bonds is 4. The summed E-state index contributed by atoms with van der Waals surface area (Å²) in [5, 5.41) is 5.42. The molecule has 104 valence electrons. The van der Waals surface area contributed by atoms with E-state index in [0.29, 0.717) is 0 Å². The van der Waals surface area contributed by atoms with E-state index in [1.165, 1.54) is 0 Å². The molecular weight excluding hydrogens is 318 g/mol. The molecule has 4 nitrogen and oxygen atoms in total. The fourth-order valence-corrected chi connectivity index (χ4v) is 2.90. The maximum absolute atomic E-state index is 6.37. The number of aromatic nitrogens is 2. The number of nitrogens with two attached hydrogens (primary N) is 1. The smallest absolute Gasteiger partial charge is 0.134 e. The normalized spacial score (nSPS) is 12.9. The number of hydrogen-bond donors (Lipinski definition) is 1. The molecule has 0 saturated heterocycles. The van der Waals surface area contributed by atoms with Crippen molar-refractivity contribution in [2.75, 3.05) is 0 Å². The van der Waals surface area contributed by atoms with E-state index < -0.39 is 0 Å². The van der Waals surface area contributed by atoms with E-state index in [2.05, 4.69) is 28.0 Å². The van der Waals surface area contributed by atoms with E-state index in [1.54, 1.807) is 6.20 Å². The summed E-state index contributed by atoms with van der Waals surface area (Å²) in [4.78, 5) is 0. The van der Waals surface area contributed by atoms with Crippen molar-refractivity contribution in [2.24, 2.45) is 5.73 Å². The van der Waals surface area contributed by atoms with E-state index in [0.717, 1.165) is 39.9 Å². The number of hydrogen-bond acceptors (Lipinski definition) is 3.